The Balaban J connectivity index is 1.47. The van der Waals surface area contributed by atoms with Gasteiger partial charge >= 0.3 is 0 Å². The van der Waals surface area contributed by atoms with E-state index in [1.165, 1.54) is 69.8 Å². The maximum Gasteiger partial charge on any atom is 0.00794 e. The first-order chi connectivity index (χ1) is 9.81. The molecule has 110 valence electrons. The summed E-state index contributed by atoms with van der Waals surface area (Å²) in [7, 11) is 0. The van der Waals surface area contributed by atoms with Crippen LogP contribution in [0.5, 0.6) is 0 Å². The molecule has 1 unspecified atom stereocenters. The van der Waals surface area contributed by atoms with Crippen LogP contribution in [0.1, 0.15) is 68.1 Å². The summed E-state index contributed by atoms with van der Waals surface area (Å²) in [6.07, 6.45) is 14.8. The minimum atomic E-state index is 0.358. The zero-order valence-electron chi connectivity index (χ0n) is 12.7. The van der Waals surface area contributed by atoms with E-state index in [0.717, 1.165) is 12.3 Å². The molecule has 1 fully saturated rings. The third-order valence-corrected chi connectivity index (χ3v) is 5.33. The number of nitrogens with two attached hydrogens (primary N) is 1. The predicted molar refractivity (Wildman–Crippen MR) is 86.0 cm³/mol. The lowest BCUT2D eigenvalue weighted by atomic mass is 9.84. The minimum Gasteiger partial charge on any atom is -0.327 e. The molecule has 2 aliphatic carbocycles. The second kappa shape index (κ2) is 6.76. The summed E-state index contributed by atoms with van der Waals surface area (Å²) in [5.41, 5.74) is 11.0. The van der Waals surface area contributed by atoms with Gasteiger partial charge in [0.1, 0.15) is 0 Å². The van der Waals surface area contributed by atoms with E-state index in [2.05, 4.69) is 18.2 Å². The molecule has 3 rings (SSSR count). The molecule has 0 radical (unpaired) electrons. The molecule has 1 saturated carbocycles. The molecule has 2 aliphatic rings. The number of benzene rings is 1. The fourth-order valence-electron chi connectivity index (χ4n) is 4.08. The highest BCUT2D eigenvalue weighted by Gasteiger charge is 2.16. The van der Waals surface area contributed by atoms with Crippen LogP contribution in [0.15, 0.2) is 18.2 Å². The summed E-state index contributed by atoms with van der Waals surface area (Å²) in [5, 5.41) is 0. The average molecular weight is 271 g/mol. The lowest BCUT2D eigenvalue weighted by molar-refractivity contribution is 0.323. The molecule has 0 amide bonds. The number of hydrogen-bond donors (Lipinski definition) is 1. The van der Waals surface area contributed by atoms with Gasteiger partial charge in [-0.2, -0.15) is 0 Å². The number of rotatable bonds is 5. The molecule has 0 spiro atoms. The van der Waals surface area contributed by atoms with E-state index >= 15 is 0 Å². The summed E-state index contributed by atoms with van der Waals surface area (Å²) in [4.78, 5) is 0. The molecule has 1 aromatic carbocycles. The van der Waals surface area contributed by atoms with Crippen LogP contribution in [0.2, 0.25) is 0 Å². The van der Waals surface area contributed by atoms with Crippen LogP contribution in [0.3, 0.4) is 0 Å². The van der Waals surface area contributed by atoms with E-state index in [1.807, 2.05) is 0 Å². The summed E-state index contributed by atoms with van der Waals surface area (Å²) in [6.45, 7) is 0. The maximum absolute atomic E-state index is 6.37. The van der Waals surface area contributed by atoms with Gasteiger partial charge in [0, 0.05) is 6.04 Å². The lowest BCUT2D eigenvalue weighted by Gasteiger charge is -2.23. The van der Waals surface area contributed by atoms with Crippen molar-refractivity contribution in [1.82, 2.24) is 0 Å². The highest BCUT2D eigenvalue weighted by atomic mass is 14.6. The van der Waals surface area contributed by atoms with Crippen molar-refractivity contribution in [2.24, 2.45) is 11.7 Å². The van der Waals surface area contributed by atoms with Crippen molar-refractivity contribution < 1.29 is 0 Å². The molecule has 2 N–H and O–H groups in total. The second-order valence-corrected chi connectivity index (χ2v) is 7.00. The Morgan fingerprint density at radius 3 is 2.65 bits per heavy atom. The third kappa shape index (κ3) is 3.63. The molecule has 0 bridgehead atoms. The van der Waals surface area contributed by atoms with Crippen LogP contribution in [-0.2, 0) is 19.3 Å². The molecule has 0 heterocycles. The van der Waals surface area contributed by atoms with Crippen molar-refractivity contribution in [3.8, 4) is 0 Å². The van der Waals surface area contributed by atoms with Gasteiger partial charge in [0.2, 0.25) is 0 Å². The molecular weight excluding hydrogens is 242 g/mol. The Bertz CT molecular complexity index is 431. The Morgan fingerprint density at radius 1 is 1.00 bits per heavy atom. The maximum atomic E-state index is 6.37. The van der Waals surface area contributed by atoms with Crippen LogP contribution in [0, 0.1) is 5.92 Å². The van der Waals surface area contributed by atoms with Gasteiger partial charge in [-0.15, -0.1) is 0 Å². The third-order valence-electron chi connectivity index (χ3n) is 5.33. The molecule has 20 heavy (non-hydrogen) atoms. The van der Waals surface area contributed by atoms with Crippen molar-refractivity contribution >= 4 is 0 Å². The summed E-state index contributed by atoms with van der Waals surface area (Å²) in [6, 6.07) is 7.43. The van der Waals surface area contributed by atoms with Crippen molar-refractivity contribution in [2.75, 3.05) is 0 Å². The first-order valence-corrected chi connectivity index (χ1v) is 8.67. The Morgan fingerprint density at radius 2 is 1.80 bits per heavy atom. The van der Waals surface area contributed by atoms with E-state index in [4.69, 9.17) is 5.73 Å². The van der Waals surface area contributed by atoms with Gasteiger partial charge in [-0.1, -0.05) is 50.3 Å². The van der Waals surface area contributed by atoms with Gasteiger partial charge in [0.25, 0.3) is 0 Å². The smallest absolute Gasteiger partial charge is 0.00794 e. The van der Waals surface area contributed by atoms with E-state index in [1.54, 1.807) is 11.1 Å². The first-order valence-electron chi connectivity index (χ1n) is 8.67. The molecular formula is C19H29N. The van der Waals surface area contributed by atoms with E-state index in [9.17, 15) is 0 Å². The molecule has 0 aliphatic heterocycles. The summed E-state index contributed by atoms with van der Waals surface area (Å²) < 4.78 is 0. The second-order valence-electron chi connectivity index (χ2n) is 7.00. The minimum absolute atomic E-state index is 0.358. The Hall–Kier alpha value is -0.820. The van der Waals surface area contributed by atoms with Crippen molar-refractivity contribution in [1.29, 1.82) is 0 Å². The quantitative estimate of drug-likeness (QED) is 0.843. The fraction of sp³-hybridized carbons (Fsp3) is 0.684. The zero-order chi connectivity index (χ0) is 13.8. The van der Waals surface area contributed by atoms with E-state index in [0.29, 0.717) is 6.04 Å². The first kappa shape index (κ1) is 14.1. The lowest BCUT2D eigenvalue weighted by Crippen LogP contribution is -2.24. The SMILES string of the molecule is NC(CCC1CCCCC1)Cc1ccc2c(c1)CCC2. The van der Waals surface area contributed by atoms with Crippen LogP contribution >= 0.6 is 0 Å². The molecule has 1 heteroatoms. The molecule has 0 saturated heterocycles. The van der Waals surface area contributed by atoms with Crippen molar-refractivity contribution in [2.45, 2.75) is 76.7 Å². The van der Waals surface area contributed by atoms with Crippen LogP contribution in [0.4, 0.5) is 0 Å². The average Bonchev–Trinajstić information content (AvgIpc) is 2.94. The van der Waals surface area contributed by atoms with Crippen LogP contribution in [0.25, 0.3) is 0 Å². The zero-order valence-corrected chi connectivity index (χ0v) is 12.7. The van der Waals surface area contributed by atoms with Gasteiger partial charge in [0.15, 0.2) is 0 Å². The van der Waals surface area contributed by atoms with Gasteiger partial charge < -0.3 is 5.73 Å². The topological polar surface area (TPSA) is 26.0 Å². The van der Waals surface area contributed by atoms with Crippen molar-refractivity contribution in [3.63, 3.8) is 0 Å². The monoisotopic (exact) mass is 271 g/mol. The van der Waals surface area contributed by atoms with Crippen LogP contribution in [-0.4, -0.2) is 6.04 Å². The van der Waals surface area contributed by atoms with Gasteiger partial charge in [0.05, 0.1) is 0 Å². The normalized spacial score (nSPS) is 20.9. The van der Waals surface area contributed by atoms with Gasteiger partial charge in [-0.05, 0) is 61.1 Å². The van der Waals surface area contributed by atoms with Crippen LogP contribution < -0.4 is 5.73 Å². The van der Waals surface area contributed by atoms with E-state index in [-0.39, 0.29) is 0 Å². The standard InChI is InChI=1S/C19H29N/c20-19(12-10-15-5-2-1-3-6-15)14-16-9-11-17-7-4-8-18(17)13-16/h9,11,13,15,19H,1-8,10,12,14,20H2. The van der Waals surface area contributed by atoms with Crippen molar-refractivity contribution in [3.05, 3.63) is 34.9 Å². The molecule has 1 aromatic rings. The molecule has 1 atom stereocenters. The number of fused-ring (bicyclic) bond motifs is 1. The highest BCUT2D eigenvalue weighted by molar-refractivity contribution is 5.35. The van der Waals surface area contributed by atoms with E-state index < -0.39 is 0 Å². The Labute approximate surface area is 124 Å². The fourth-order valence-corrected chi connectivity index (χ4v) is 4.08. The van der Waals surface area contributed by atoms with Gasteiger partial charge in [-0.3, -0.25) is 0 Å². The number of aryl methyl sites for hydroxylation is 2. The summed E-state index contributed by atoms with van der Waals surface area (Å²) in [5.74, 6) is 0.967. The molecule has 0 aromatic heterocycles. The molecule has 1 nitrogen and oxygen atoms in total. The van der Waals surface area contributed by atoms with Gasteiger partial charge in [-0.25, -0.2) is 0 Å². The predicted octanol–water partition coefficient (Wildman–Crippen LogP) is 4.41. The highest BCUT2D eigenvalue weighted by Crippen LogP contribution is 2.28. The Kier molecular flexibility index (Phi) is 4.77. The number of hydrogen-bond acceptors (Lipinski definition) is 1. The summed E-state index contributed by atoms with van der Waals surface area (Å²) >= 11 is 0. The largest absolute Gasteiger partial charge is 0.327 e.